The summed E-state index contributed by atoms with van der Waals surface area (Å²) in [6.07, 6.45) is 3.25. The number of aryl methyl sites for hydroxylation is 2. The highest BCUT2D eigenvalue weighted by atomic mass is 32.2. The Morgan fingerprint density at radius 2 is 1.21 bits per heavy atom. The van der Waals surface area contributed by atoms with E-state index in [1.807, 2.05) is 38.1 Å². The number of benzene rings is 2. The van der Waals surface area contributed by atoms with Gasteiger partial charge in [0.1, 0.15) is 0 Å². The highest BCUT2D eigenvalue weighted by Crippen LogP contribution is 2.48. The van der Waals surface area contributed by atoms with Gasteiger partial charge in [0.05, 0.1) is 4.90 Å². The number of carbonyl (C=O) groups is 2. The molecule has 7 heteroatoms. The number of sulfonamides is 1. The van der Waals surface area contributed by atoms with Gasteiger partial charge in [-0.25, -0.2) is 8.42 Å². The third kappa shape index (κ3) is 3.93. The van der Waals surface area contributed by atoms with Crippen LogP contribution in [0.1, 0.15) is 61.1 Å². The smallest absolute Gasteiger partial charge is 0.257 e. The lowest BCUT2D eigenvalue weighted by atomic mass is 9.71. The molecule has 0 bridgehead atoms. The molecule has 0 radical (unpaired) electrons. The minimum atomic E-state index is -3.92. The molecule has 6 nitrogen and oxygen atoms in total. The van der Waals surface area contributed by atoms with E-state index >= 15 is 0 Å². The Morgan fingerprint density at radius 1 is 0.735 bits per heavy atom. The molecule has 0 saturated heterocycles. The molecule has 0 saturated carbocycles. The summed E-state index contributed by atoms with van der Waals surface area (Å²) in [5.41, 5.74) is 5.41. The Kier molecular flexibility index (Phi) is 5.78. The van der Waals surface area contributed by atoms with Crippen molar-refractivity contribution in [2.75, 3.05) is 0 Å². The zero-order valence-corrected chi connectivity index (χ0v) is 20.2. The summed E-state index contributed by atoms with van der Waals surface area (Å²) in [5, 5.41) is 1.55. The monoisotopic (exact) mass is 476 g/mol. The first-order valence-corrected chi connectivity index (χ1v) is 13.2. The number of ketones is 2. The molecule has 1 aliphatic heterocycles. The largest absolute Gasteiger partial charge is 0.294 e. The van der Waals surface area contributed by atoms with Crippen LogP contribution in [0.5, 0.6) is 0 Å². The van der Waals surface area contributed by atoms with E-state index in [-0.39, 0.29) is 16.5 Å². The molecule has 176 valence electrons. The lowest BCUT2D eigenvalue weighted by molar-refractivity contribution is -0.117. The van der Waals surface area contributed by atoms with Gasteiger partial charge in [0.25, 0.3) is 10.0 Å². The van der Waals surface area contributed by atoms with Crippen molar-refractivity contribution in [2.24, 2.45) is 0 Å². The summed E-state index contributed by atoms with van der Waals surface area (Å²) in [6.45, 7) is 3.90. The molecule has 0 atom stereocenters. The minimum absolute atomic E-state index is 0.0173. The maximum atomic E-state index is 13.3. The first kappa shape index (κ1) is 22.7. The second kappa shape index (κ2) is 8.64. The van der Waals surface area contributed by atoms with Crippen LogP contribution in [0.15, 0.2) is 76.0 Å². The zero-order chi connectivity index (χ0) is 24.0. The van der Waals surface area contributed by atoms with E-state index in [1.54, 1.807) is 29.3 Å². The molecule has 0 fully saturated rings. The van der Waals surface area contributed by atoms with Crippen molar-refractivity contribution in [2.45, 2.75) is 63.2 Å². The number of rotatable bonds is 4. The summed E-state index contributed by atoms with van der Waals surface area (Å²) in [5.74, 6) is -0.487. The van der Waals surface area contributed by atoms with Crippen molar-refractivity contribution in [3.8, 4) is 0 Å². The number of nitrogens with one attached hydrogen (secondary N) is 1. The molecule has 0 amide bonds. The maximum absolute atomic E-state index is 13.3. The Hall–Kier alpha value is -3.03. The molecule has 34 heavy (non-hydrogen) atoms. The van der Waals surface area contributed by atoms with E-state index in [1.165, 1.54) is 0 Å². The second-order valence-electron chi connectivity index (χ2n) is 9.36. The Balaban J connectivity index is 1.68. The quantitative estimate of drug-likeness (QED) is 0.697. The predicted molar refractivity (Wildman–Crippen MR) is 129 cm³/mol. The van der Waals surface area contributed by atoms with Gasteiger partial charge in [0, 0.05) is 41.3 Å². The topological polar surface area (TPSA) is 83.6 Å². The van der Waals surface area contributed by atoms with Crippen molar-refractivity contribution in [1.29, 1.82) is 0 Å². The van der Waals surface area contributed by atoms with Gasteiger partial charge in [-0.05, 0) is 57.2 Å². The first-order chi connectivity index (χ1) is 16.3. The standard InChI is InChI=1S/C27H28N2O4S/c1-17-9-13-19(14-10-17)25-26-21(5-3-7-23(26)30)29(22-6-4-8-24(31)27(22)25)28-34(32,33)20-15-11-18(2)12-16-20/h9-16,25,28H,3-8H2,1-2H3. The van der Waals surface area contributed by atoms with Crippen molar-refractivity contribution in [3.63, 3.8) is 0 Å². The van der Waals surface area contributed by atoms with E-state index in [0.717, 1.165) is 16.7 Å². The number of hydrogen-bond donors (Lipinski definition) is 1. The average Bonchev–Trinajstić information content (AvgIpc) is 2.81. The normalized spacial score (nSPS) is 19.4. The molecular formula is C27H28N2O4S. The number of Topliss-reactive ketones (excluding diaryl/α,β-unsaturated/α-hetero) is 2. The second-order valence-corrected chi connectivity index (χ2v) is 11.0. The van der Waals surface area contributed by atoms with Crippen LogP contribution in [-0.4, -0.2) is 25.0 Å². The molecule has 0 aromatic heterocycles. The molecule has 2 aliphatic carbocycles. The van der Waals surface area contributed by atoms with Crippen LogP contribution in [0.2, 0.25) is 0 Å². The molecular weight excluding hydrogens is 448 g/mol. The Labute approximate surface area is 200 Å². The van der Waals surface area contributed by atoms with E-state index in [4.69, 9.17) is 0 Å². The third-order valence-electron chi connectivity index (χ3n) is 6.93. The van der Waals surface area contributed by atoms with Gasteiger partial charge < -0.3 is 0 Å². The third-order valence-corrected chi connectivity index (χ3v) is 8.24. The number of hydrogen-bond acceptors (Lipinski definition) is 5. The highest BCUT2D eigenvalue weighted by molar-refractivity contribution is 7.89. The van der Waals surface area contributed by atoms with Crippen LogP contribution in [0.25, 0.3) is 0 Å². The predicted octanol–water partition coefficient (Wildman–Crippen LogP) is 4.61. The van der Waals surface area contributed by atoms with Crippen molar-refractivity contribution < 1.29 is 18.0 Å². The summed E-state index contributed by atoms with van der Waals surface area (Å²) in [7, 11) is -3.92. The molecule has 2 aromatic rings. The van der Waals surface area contributed by atoms with Crippen molar-refractivity contribution in [3.05, 3.63) is 87.8 Å². The van der Waals surface area contributed by atoms with Crippen molar-refractivity contribution >= 4 is 21.6 Å². The van der Waals surface area contributed by atoms with Crippen molar-refractivity contribution in [1.82, 2.24) is 9.84 Å². The van der Waals surface area contributed by atoms with Gasteiger partial charge in [-0.2, -0.15) is 0 Å². The van der Waals surface area contributed by atoms with Crippen LogP contribution < -0.4 is 4.83 Å². The van der Waals surface area contributed by atoms with Crippen LogP contribution in [0.3, 0.4) is 0 Å². The highest BCUT2D eigenvalue weighted by Gasteiger charge is 2.44. The molecule has 1 heterocycles. The Bertz CT molecular complexity index is 1290. The van der Waals surface area contributed by atoms with Gasteiger partial charge in [0.15, 0.2) is 11.6 Å². The average molecular weight is 477 g/mol. The minimum Gasteiger partial charge on any atom is -0.294 e. The fourth-order valence-corrected chi connectivity index (χ4v) is 6.27. The molecule has 5 rings (SSSR count). The van der Waals surface area contributed by atoms with Crippen LogP contribution >= 0.6 is 0 Å². The fraction of sp³-hybridized carbons (Fsp3) is 0.333. The van der Waals surface area contributed by atoms with Crippen LogP contribution in [0.4, 0.5) is 0 Å². The number of allylic oxidation sites excluding steroid dienone is 4. The summed E-state index contributed by atoms with van der Waals surface area (Å²) in [4.78, 5) is 29.4. The van der Waals surface area contributed by atoms with Crippen LogP contribution in [0, 0.1) is 13.8 Å². The maximum Gasteiger partial charge on any atom is 0.257 e. The van der Waals surface area contributed by atoms with Gasteiger partial charge in [-0.1, -0.05) is 47.5 Å². The van der Waals surface area contributed by atoms with E-state index in [0.29, 0.717) is 61.1 Å². The number of carbonyl (C=O) groups excluding carboxylic acids is 2. The zero-order valence-electron chi connectivity index (χ0n) is 19.4. The lowest BCUT2D eigenvalue weighted by Crippen LogP contribution is -2.47. The first-order valence-electron chi connectivity index (χ1n) is 11.7. The van der Waals surface area contributed by atoms with Gasteiger partial charge >= 0.3 is 0 Å². The van der Waals surface area contributed by atoms with Gasteiger partial charge in [-0.15, -0.1) is 4.83 Å². The molecule has 1 N–H and O–H groups in total. The fourth-order valence-electron chi connectivity index (χ4n) is 5.21. The molecule has 0 spiro atoms. The molecule has 0 unspecified atom stereocenters. The molecule has 2 aromatic carbocycles. The summed E-state index contributed by atoms with van der Waals surface area (Å²) >= 11 is 0. The van der Waals surface area contributed by atoms with E-state index in [9.17, 15) is 18.0 Å². The van der Waals surface area contributed by atoms with E-state index in [2.05, 4.69) is 4.83 Å². The van der Waals surface area contributed by atoms with Gasteiger partial charge in [-0.3, -0.25) is 14.6 Å². The van der Waals surface area contributed by atoms with Gasteiger partial charge in [0.2, 0.25) is 0 Å². The van der Waals surface area contributed by atoms with Crippen LogP contribution in [-0.2, 0) is 19.6 Å². The summed E-state index contributed by atoms with van der Waals surface area (Å²) in [6, 6.07) is 14.6. The SMILES string of the molecule is Cc1ccc(C2C3=C(CCCC3=O)N(NS(=O)(=O)c3ccc(C)cc3)C3=C2C(=O)CCC3)cc1. The number of nitrogens with zero attached hydrogens (tertiary/aromatic N) is 1. The number of hydrazine groups is 1. The lowest BCUT2D eigenvalue weighted by Gasteiger charge is -2.43. The van der Waals surface area contributed by atoms with E-state index < -0.39 is 15.9 Å². The Morgan fingerprint density at radius 3 is 1.71 bits per heavy atom. The molecule has 3 aliphatic rings. The summed E-state index contributed by atoms with van der Waals surface area (Å²) < 4.78 is 26.7.